The number of carbonyl (C=O) groups is 1. The molecule has 1 N–H and O–H groups in total. The van der Waals surface area contributed by atoms with Crippen LogP contribution < -0.4 is 4.90 Å². The molecule has 0 spiro atoms. The average Bonchev–Trinajstić information content (AvgIpc) is 3.05. The van der Waals surface area contributed by atoms with Gasteiger partial charge in [0.2, 0.25) is 0 Å². The number of anilines is 1. The zero-order valence-corrected chi connectivity index (χ0v) is 16.8. The van der Waals surface area contributed by atoms with Gasteiger partial charge in [-0.05, 0) is 69.3 Å². The van der Waals surface area contributed by atoms with Crippen molar-refractivity contribution in [2.45, 2.75) is 0 Å². The highest BCUT2D eigenvalue weighted by Gasteiger charge is 2.23. The summed E-state index contributed by atoms with van der Waals surface area (Å²) in [5.74, 6) is -1.22. The molecular weight excluding hydrogens is 372 g/mol. The summed E-state index contributed by atoms with van der Waals surface area (Å²) in [6.07, 6.45) is 3.56. The molecule has 30 heavy (non-hydrogen) atoms. The molecule has 4 rings (SSSR count). The van der Waals surface area contributed by atoms with E-state index < -0.39 is 5.97 Å². The molecule has 0 unspecified atom stereocenters. The van der Waals surface area contributed by atoms with Crippen LogP contribution in [0.5, 0.6) is 0 Å². The zero-order chi connectivity index (χ0) is 21.3. The second-order valence-corrected chi connectivity index (χ2v) is 7.37. The SMILES string of the molecule is CN(C)c1ccc(C=C2c3ccccc3-c3ccc(/C=C(\C#N)C(=O)O)cc32)cc1. The molecule has 146 valence electrons. The normalized spacial score (nSPS) is 13.5. The largest absolute Gasteiger partial charge is 0.477 e. The zero-order valence-electron chi connectivity index (χ0n) is 16.8. The minimum absolute atomic E-state index is 0.282. The maximum atomic E-state index is 11.2. The predicted molar refractivity (Wildman–Crippen MR) is 121 cm³/mol. The topological polar surface area (TPSA) is 64.3 Å². The van der Waals surface area contributed by atoms with Crippen LogP contribution in [0.15, 0.2) is 72.3 Å². The van der Waals surface area contributed by atoms with E-state index in [4.69, 9.17) is 5.26 Å². The monoisotopic (exact) mass is 392 g/mol. The van der Waals surface area contributed by atoms with Gasteiger partial charge in [-0.15, -0.1) is 0 Å². The van der Waals surface area contributed by atoms with Gasteiger partial charge >= 0.3 is 5.97 Å². The van der Waals surface area contributed by atoms with Crippen LogP contribution in [0.4, 0.5) is 5.69 Å². The first-order chi connectivity index (χ1) is 14.5. The molecule has 0 amide bonds. The molecule has 0 radical (unpaired) electrons. The number of fused-ring (bicyclic) bond motifs is 3. The van der Waals surface area contributed by atoms with Crippen LogP contribution in [-0.2, 0) is 4.79 Å². The highest BCUT2D eigenvalue weighted by molar-refractivity contribution is 6.07. The maximum absolute atomic E-state index is 11.2. The standard InChI is InChI=1S/C26H20N2O2/c1-28(2)20-10-7-17(8-11-20)14-24-22-6-4-3-5-21(22)23-12-9-18(15-25(23)24)13-19(16-27)26(29)30/h3-15H,1-2H3,(H,29,30)/b19-13+,24-14?. The van der Waals surface area contributed by atoms with E-state index in [0.717, 1.165) is 39.1 Å². The van der Waals surface area contributed by atoms with Gasteiger partial charge in [-0.3, -0.25) is 0 Å². The van der Waals surface area contributed by atoms with Crippen LogP contribution in [0.1, 0.15) is 22.3 Å². The van der Waals surface area contributed by atoms with Crippen molar-refractivity contribution < 1.29 is 9.90 Å². The van der Waals surface area contributed by atoms with E-state index in [1.54, 1.807) is 6.07 Å². The van der Waals surface area contributed by atoms with E-state index in [2.05, 4.69) is 47.4 Å². The summed E-state index contributed by atoms with van der Waals surface area (Å²) in [5, 5.41) is 18.3. The smallest absolute Gasteiger partial charge is 0.346 e. The third-order valence-electron chi connectivity index (χ3n) is 5.22. The van der Waals surface area contributed by atoms with Crippen molar-refractivity contribution in [3.63, 3.8) is 0 Å². The van der Waals surface area contributed by atoms with Gasteiger partial charge in [0.1, 0.15) is 11.6 Å². The molecule has 1 aliphatic rings. The molecular formula is C26H20N2O2. The second-order valence-electron chi connectivity index (χ2n) is 7.37. The fraction of sp³-hybridized carbons (Fsp3) is 0.0769. The minimum atomic E-state index is -1.22. The van der Waals surface area contributed by atoms with Gasteiger partial charge in [-0.1, -0.05) is 48.5 Å². The molecule has 0 aliphatic heterocycles. The number of nitrogens with zero attached hydrogens (tertiary/aromatic N) is 2. The fourth-order valence-corrected chi connectivity index (χ4v) is 3.71. The number of carboxylic acids is 1. The van der Waals surface area contributed by atoms with Crippen molar-refractivity contribution in [1.82, 2.24) is 0 Å². The van der Waals surface area contributed by atoms with E-state index in [-0.39, 0.29) is 5.57 Å². The Labute approximate surface area is 175 Å². The lowest BCUT2D eigenvalue weighted by molar-refractivity contribution is -0.132. The van der Waals surface area contributed by atoms with Crippen LogP contribution in [0.25, 0.3) is 28.9 Å². The highest BCUT2D eigenvalue weighted by Crippen LogP contribution is 2.45. The molecule has 0 fully saturated rings. The molecule has 0 saturated carbocycles. The van der Waals surface area contributed by atoms with Gasteiger partial charge in [-0.25, -0.2) is 4.79 Å². The number of nitriles is 1. The molecule has 0 saturated heterocycles. The molecule has 0 heterocycles. The maximum Gasteiger partial charge on any atom is 0.346 e. The first-order valence-corrected chi connectivity index (χ1v) is 9.56. The minimum Gasteiger partial charge on any atom is -0.477 e. The van der Waals surface area contributed by atoms with Crippen molar-refractivity contribution in [3.05, 3.63) is 94.6 Å². The quantitative estimate of drug-likeness (QED) is 0.377. The van der Waals surface area contributed by atoms with Crippen molar-refractivity contribution in [1.29, 1.82) is 5.26 Å². The molecule has 0 aromatic heterocycles. The Balaban J connectivity index is 1.85. The molecule has 4 nitrogen and oxygen atoms in total. The predicted octanol–water partition coefficient (Wildman–Crippen LogP) is 5.31. The Morgan fingerprint density at radius 1 is 0.900 bits per heavy atom. The summed E-state index contributed by atoms with van der Waals surface area (Å²) >= 11 is 0. The molecule has 4 heteroatoms. The van der Waals surface area contributed by atoms with Gasteiger partial charge in [-0.2, -0.15) is 5.26 Å². The number of hydrogen-bond acceptors (Lipinski definition) is 3. The first-order valence-electron chi connectivity index (χ1n) is 9.56. The first kappa shape index (κ1) is 19.2. The lowest BCUT2D eigenvalue weighted by Crippen LogP contribution is -2.07. The third-order valence-corrected chi connectivity index (χ3v) is 5.22. The lowest BCUT2D eigenvalue weighted by Gasteiger charge is -2.12. The van der Waals surface area contributed by atoms with E-state index in [1.807, 2.05) is 44.4 Å². The van der Waals surface area contributed by atoms with Gasteiger partial charge in [0.15, 0.2) is 0 Å². The number of hydrogen-bond donors (Lipinski definition) is 1. The van der Waals surface area contributed by atoms with Crippen molar-refractivity contribution in [2.75, 3.05) is 19.0 Å². The highest BCUT2D eigenvalue weighted by atomic mass is 16.4. The summed E-state index contributed by atoms with van der Waals surface area (Å²) in [4.78, 5) is 13.3. The average molecular weight is 392 g/mol. The molecule has 3 aromatic rings. The molecule has 3 aromatic carbocycles. The van der Waals surface area contributed by atoms with E-state index in [0.29, 0.717) is 5.56 Å². The van der Waals surface area contributed by atoms with Crippen molar-refractivity contribution in [3.8, 4) is 17.2 Å². The summed E-state index contributed by atoms with van der Waals surface area (Å²) in [5.41, 5.74) is 8.14. The molecule has 1 aliphatic carbocycles. The number of aliphatic carboxylic acids is 1. The summed E-state index contributed by atoms with van der Waals surface area (Å²) < 4.78 is 0. The van der Waals surface area contributed by atoms with E-state index >= 15 is 0 Å². The second kappa shape index (κ2) is 7.73. The Morgan fingerprint density at radius 3 is 2.17 bits per heavy atom. The van der Waals surface area contributed by atoms with Crippen LogP contribution in [0, 0.1) is 11.3 Å². The molecule has 0 atom stereocenters. The van der Waals surface area contributed by atoms with Gasteiger partial charge in [0, 0.05) is 19.8 Å². The van der Waals surface area contributed by atoms with Crippen LogP contribution >= 0.6 is 0 Å². The molecule has 0 bridgehead atoms. The van der Waals surface area contributed by atoms with Crippen LogP contribution in [-0.4, -0.2) is 25.2 Å². The van der Waals surface area contributed by atoms with Gasteiger partial charge < -0.3 is 10.0 Å². The Kier molecular flexibility index (Phi) is 4.95. The summed E-state index contributed by atoms with van der Waals surface area (Å²) in [6.45, 7) is 0. The third kappa shape index (κ3) is 3.49. The van der Waals surface area contributed by atoms with Crippen LogP contribution in [0.3, 0.4) is 0 Å². The van der Waals surface area contributed by atoms with Gasteiger partial charge in [0.05, 0.1) is 0 Å². The Bertz CT molecular complexity index is 1240. The lowest BCUT2D eigenvalue weighted by atomic mass is 9.98. The number of rotatable bonds is 4. The summed E-state index contributed by atoms with van der Waals surface area (Å²) in [6, 6.07) is 24.1. The Morgan fingerprint density at radius 2 is 1.53 bits per heavy atom. The Hall–Kier alpha value is -4.10. The van der Waals surface area contributed by atoms with Crippen LogP contribution in [0.2, 0.25) is 0 Å². The fourth-order valence-electron chi connectivity index (χ4n) is 3.71. The summed E-state index contributed by atoms with van der Waals surface area (Å²) in [7, 11) is 4.03. The van der Waals surface area contributed by atoms with Crippen molar-refractivity contribution in [2.24, 2.45) is 0 Å². The van der Waals surface area contributed by atoms with Gasteiger partial charge in [0.25, 0.3) is 0 Å². The van der Waals surface area contributed by atoms with E-state index in [1.165, 1.54) is 6.08 Å². The van der Waals surface area contributed by atoms with Crippen molar-refractivity contribution >= 4 is 29.4 Å². The number of benzene rings is 3. The van der Waals surface area contributed by atoms with E-state index in [9.17, 15) is 9.90 Å². The number of carboxylic acid groups (broad SMARTS) is 1.